The molecule has 2 fully saturated rings. The molecule has 1 aliphatic carbocycles. The van der Waals surface area contributed by atoms with Crippen LogP contribution >= 0.6 is 0 Å². The molecule has 0 spiro atoms. The van der Waals surface area contributed by atoms with Crippen LogP contribution in [0.15, 0.2) is 54.9 Å². The molecule has 0 bridgehead atoms. The summed E-state index contributed by atoms with van der Waals surface area (Å²) in [4.78, 5) is 6.94. The second-order valence-corrected chi connectivity index (χ2v) is 8.51. The van der Waals surface area contributed by atoms with Crippen LogP contribution in [0.2, 0.25) is 0 Å². The van der Waals surface area contributed by atoms with Crippen molar-refractivity contribution in [3.8, 4) is 5.88 Å². The van der Waals surface area contributed by atoms with Crippen molar-refractivity contribution in [3.63, 3.8) is 0 Å². The number of hydrogen-bond donors (Lipinski definition) is 0. The molecule has 2 aliphatic rings. The standard InChI is InChI=1S/C24H29N3O2/c1-26-13-9-19-7-6-18(15-21(19)26)17-27-14-11-24(28-2)10-8-20(16-22(24)27)29-23-5-3-4-12-25-23/h3-7,9,12-13,15,20,22H,8,10-11,14,16-17H2,1-2H3. The highest BCUT2D eigenvalue weighted by molar-refractivity contribution is 5.80. The van der Waals surface area contributed by atoms with Gasteiger partial charge in [-0.1, -0.05) is 18.2 Å². The number of hydrogen-bond acceptors (Lipinski definition) is 4. The van der Waals surface area contributed by atoms with E-state index in [0.29, 0.717) is 6.04 Å². The molecule has 0 amide bonds. The topological polar surface area (TPSA) is 39.5 Å². The van der Waals surface area contributed by atoms with Gasteiger partial charge in [-0.05, 0) is 48.4 Å². The lowest BCUT2D eigenvalue weighted by molar-refractivity contribution is -0.0843. The maximum absolute atomic E-state index is 6.22. The largest absolute Gasteiger partial charge is 0.474 e. The lowest BCUT2D eigenvalue weighted by Gasteiger charge is -2.43. The van der Waals surface area contributed by atoms with Gasteiger partial charge in [0.25, 0.3) is 0 Å². The summed E-state index contributed by atoms with van der Waals surface area (Å²) in [6.45, 7) is 2.02. The highest BCUT2D eigenvalue weighted by Crippen LogP contribution is 2.43. The average molecular weight is 392 g/mol. The first kappa shape index (κ1) is 18.6. The van der Waals surface area contributed by atoms with Crippen molar-refractivity contribution < 1.29 is 9.47 Å². The fourth-order valence-corrected chi connectivity index (χ4v) is 5.28. The summed E-state index contributed by atoms with van der Waals surface area (Å²) >= 11 is 0. The van der Waals surface area contributed by atoms with E-state index >= 15 is 0 Å². The minimum atomic E-state index is -0.0426. The number of methoxy groups -OCH3 is 1. The number of likely N-dealkylation sites (tertiary alicyclic amines) is 1. The second kappa shape index (κ2) is 7.47. The summed E-state index contributed by atoms with van der Waals surface area (Å²) < 4.78 is 14.5. The van der Waals surface area contributed by atoms with Crippen molar-refractivity contribution in [3.05, 3.63) is 60.4 Å². The number of aromatic nitrogens is 2. The molecule has 3 aromatic rings. The Hall–Kier alpha value is -2.37. The molecule has 5 nitrogen and oxygen atoms in total. The Bertz CT molecular complexity index is 986. The molecule has 0 N–H and O–H groups in total. The minimum Gasteiger partial charge on any atom is -0.474 e. The maximum atomic E-state index is 6.22. The molecule has 1 saturated heterocycles. The van der Waals surface area contributed by atoms with E-state index in [1.807, 2.05) is 25.3 Å². The van der Waals surface area contributed by atoms with Crippen LogP contribution < -0.4 is 4.74 Å². The Morgan fingerprint density at radius 3 is 2.93 bits per heavy atom. The zero-order chi connectivity index (χ0) is 19.8. The third kappa shape index (κ3) is 3.43. The van der Waals surface area contributed by atoms with Crippen LogP contribution in [0, 0.1) is 0 Å². The van der Waals surface area contributed by atoms with Crippen LogP contribution in [0.1, 0.15) is 31.2 Å². The first-order valence-electron chi connectivity index (χ1n) is 10.6. The van der Waals surface area contributed by atoms with Gasteiger partial charge in [-0.15, -0.1) is 0 Å². The molecule has 2 aromatic heterocycles. The van der Waals surface area contributed by atoms with Gasteiger partial charge in [-0.25, -0.2) is 4.98 Å². The number of benzene rings is 1. The lowest BCUT2D eigenvalue weighted by atomic mass is 9.79. The Morgan fingerprint density at radius 2 is 2.10 bits per heavy atom. The number of rotatable bonds is 5. The van der Waals surface area contributed by atoms with Crippen LogP contribution in [0.3, 0.4) is 0 Å². The predicted molar refractivity (Wildman–Crippen MR) is 114 cm³/mol. The van der Waals surface area contributed by atoms with Crippen LogP contribution in [-0.4, -0.2) is 45.9 Å². The van der Waals surface area contributed by atoms with Crippen LogP contribution in [0.25, 0.3) is 10.9 Å². The Morgan fingerprint density at radius 1 is 1.17 bits per heavy atom. The van der Waals surface area contributed by atoms with Crippen LogP contribution in [0.4, 0.5) is 0 Å². The van der Waals surface area contributed by atoms with E-state index in [1.54, 1.807) is 6.20 Å². The van der Waals surface area contributed by atoms with E-state index in [-0.39, 0.29) is 11.7 Å². The Balaban J connectivity index is 1.35. The quantitative estimate of drug-likeness (QED) is 0.655. The molecule has 1 aromatic carbocycles. The van der Waals surface area contributed by atoms with E-state index < -0.39 is 0 Å². The summed E-state index contributed by atoms with van der Waals surface area (Å²) in [5, 5.41) is 1.30. The van der Waals surface area contributed by atoms with Gasteiger partial charge in [0.2, 0.25) is 5.88 Å². The number of nitrogens with zero attached hydrogens (tertiary/aromatic N) is 3. The van der Waals surface area contributed by atoms with Gasteiger partial charge in [-0.3, -0.25) is 4.90 Å². The Kier molecular flexibility index (Phi) is 4.80. The van der Waals surface area contributed by atoms with Gasteiger partial charge in [0, 0.05) is 63.7 Å². The first-order chi connectivity index (χ1) is 14.2. The van der Waals surface area contributed by atoms with E-state index in [4.69, 9.17) is 9.47 Å². The van der Waals surface area contributed by atoms with Crippen molar-refractivity contribution in [1.82, 2.24) is 14.5 Å². The van der Waals surface area contributed by atoms with Gasteiger partial charge >= 0.3 is 0 Å². The third-order valence-corrected chi connectivity index (χ3v) is 6.92. The molecule has 1 saturated carbocycles. The highest BCUT2D eigenvalue weighted by Gasteiger charge is 2.51. The zero-order valence-corrected chi connectivity index (χ0v) is 17.3. The fourth-order valence-electron chi connectivity index (χ4n) is 5.28. The molecule has 3 atom stereocenters. The van der Waals surface area contributed by atoms with Gasteiger partial charge in [0.15, 0.2) is 0 Å². The summed E-state index contributed by atoms with van der Waals surface area (Å²) in [5.74, 6) is 0.723. The zero-order valence-electron chi connectivity index (χ0n) is 17.3. The van der Waals surface area contributed by atoms with Gasteiger partial charge in [-0.2, -0.15) is 0 Å². The molecule has 0 radical (unpaired) electrons. The second-order valence-electron chi connectivity index (χ2n) is 8.51. The van der Waals surface area contributed by atoms with Crippen molar-refractivity contribution >= 4 is 10.9 Å². The smallest absolute Gasteiger partial charge is 0.213 e. The average Bonchev–Trinajstić information content (AvgIpc) is 3.30. The molecular formula is C24H29N3O2. The number of fused-ring (bicyclic) bond motifs is 2. The minimum absolute atomic E-state index is 0.0426. The highest BCUT2D eigenvalue weighted by atomic mass is 16.5. The maximum Gasteiger partial charge on any atom is 0.213 e. The van der Waals surface area contributed by atoms with Crippen molar-refractivity contribution in [2.24, 2.45) is 7.05 Å². The third-order valence-electron chi connectivity index (χ3n) is 6.92. The molecular weight excluding hydrogens is 362 g/mol. The normalized spacial score (nSPS) is 27.2. The van der Waals surface area contributed by atoms with Crippen molar-refractivity contribution in [2.75, 3.05) is 13.7 Å². The van der Waals surface area contributed by atoms with Crippen LogP contribution in [-0.2, 0) is 18.3 Å². The number of ether oxygens (including phenoxy) is 2. The monoisotopic (exact) mass is 391 g/mol. The molecule has 5 rings (SSSR count). The summed E-state index contributed by atoms with van der Waals surface area (Å²) in [6, 6.07) is 15.2. The SMILES string of the molecule is COC12CCC(Oc3ccccn3)CC1N(Cc1ccc3ccn(C)c3c1)CC2. The lowest BCUT2D eigenvalue weighted by Crippen LogP contribution is -2.52. The van der Waals surface area contributed by atoms with E-state index in [9.17, 15) is 0 Å². The molecule has 152 valence electrons. The number of pyridine rings is 1. The molecule has 1 aliphatic heterocycles. The van der Waals surface area contributed by atoms with Gasteiger partial charge in [0.1, 0.15) is 6.10 Å². The number of aryl methyl sites for hydroxylation is 1. The molecule has 3 heterocycles. The molecule has 5 heteroatoms. The van der Waals surface area contributed by atoms with E-state index in [0.717, 1.165) is 44.7 Å². The summed E-state index contributed by atoms with van der Waals surface area (Å²) in [5.41, 5.74) is 2.61. The van der Waals surface area contributed by atoms with E-state index in [1.165, 1.54) is 16.5 Å². The summed E-state index contributed by atoms with van der Waals surface area (Å²) in [7, 11) is 3.99. The van der Waals surface area contributed by atoms with Crippen LogP contribution in [0.5, 0.6) is 5.88 Å². The molecule has 3 unspecified atom stereocenters. The predicted octanol–water partition coefficient (Wildman–Crippen LogP) is 4.16. The van der Waals surface area contributed by atoms with Gasteiger partial charge < -0.3 is 14.0 Å². The van der Waals surface area contributed by atoms with Gasteiger partial charge in [0.05, 0.1) is 5.60 Å². The van der Waals surface area contributed by atoms with Crippen molar-refractivity contribution in [1.29, 1.82) is 0 Å². The fraction of sp³-hybridized carbons (Fsp3) is 0.458. The molecule has 29 heavy (non-hydrogen) atoms. The van der Waals surface area contributed by atoms with Crippen molar-refractivity contribution in [2.45, 2.75) is 50.0 Å². The Labute approximate surface area is 172 Å². The van der Waals surface area contributed by atoms with E-state index in [2.05, 4.69) is 52.0 Å². The summed E-state index contributed by atoms with van der Waals surface area (Å²) in [6.07, 6.45) is 8.24. The first-order valence-corrected chi connectivity index (χ1v) is 10.6.